The average Bonchev–Trinajstić information content (AvgIpc) is 2.98. The number of carbonyl (C=O) groups is 2. The lowest BCUT2D eigenvalue weighted by Gasteiger charge is -2.16. The predicted octanol–water partition coefficient (Wildman–Crippen LogP) is 3.20. The van der Waals surface area contributed by atoms with Crippen LogP contribution in [-0.2, 0) is 9.59 Å². The molecule has 1 N–H and O–H groups in total. The van der Waals surface area contributed by atoms with E-state index in [2.05, 4.69) is 0 Å². The van der Waals surface area contributed by atoms with E-state index in [0.717, 1.165) is 22.4 Å². The zero-order valence-corrected chi connectivity index (χ0v) is 18.1. The highest BCUT2D eigenvalue weighted by molar-refractivity contribution is 8.04. The lowest BCUT2D eigenvalue weighted by atomic mass is 10.0. The van der Waals surface area contributed by atoms with E-state index in [1.165, 1.54) is 16.7 Å². The molecule has 2 amide bonds. The molecule has 6 nitrogen and oxygen atoms in total. The molecule has 2 aromatic carbocycles. The first-order valence-electron chi connectivity index (χ1n) is 9.65. The average molecular weight is 428 g/mol. The molecule has 1 aliphatic rings. The molecule has 0 unspecified atom stereocenters. The van der Waals surface area contributed by atoms with E-state index < -0.39 is 0 Å². The second-order valence-electron chi connectivity index (χ2n) is 6.86. The van der Waals surface area contributed by atoms with Gasteiger partial charge in [0.25, 0.3) is 11.8 Å². The number of amides is 2. The van der Waals surface area contributed by atoms with Crippen molar-refractivity contribution in [2.45, 2.75) is 13.8 Å². The van der Waals surface area contributed by atoms with E-state index in [0.29, 0.717) is 22.0 Å². The number of nitrogens with zero attached hydrogens (tertiary/aromatic N) is 1. The van der Waals surface area contributed by atoms with Gasteiger partial charge >= 0.3 is 0 Å². The molecule has 0 spiro atoms. The lowest BCUT2D eigenvalue weighted by molar-refractivity contribution is -0.136. The number of benzene rings is 2. The Hall–Kier alpha value is -2.77. The summed E-state index contributed by atoms with van der Waals surface area (Å²) in [5.41, 5.74) is 3.28. The number of thioether (sulfide) groups is 1. The largest absolute Gasteiger partial charge is 0.497 e. The fourth-order valence-corrected chi connectivity index (χ4v) is 4.00. The Labute approximate surface area is 180 Å². The second-order valence-corrected chi connectivity index (χ2v) is 7.97. The van der Waals surface area contributed by atoms with Crippen molar-refractivity contribution in [1.29, 1.82) is 0 Å². The van der Waals surface area contributed by atoms with Gasteiger partial charge in [-0.15, -0.1) is 11.8 Å². The number of aryl methyl sites for hydroxylation is 2. The van der Waals surface area contributed by atoms with Gasteiger partial charge in [0.05, 0.1) is 30.7 Å². The number of rotatable bonds is 9. The van der Waals surface area contributed by atoms with E-state index in [1.54, 1.807) is 31.4 Å². The monoisotopic (exact) mass is 427 g/mol. The first-order valence-corrected chi connectivity index (χ1v) is 10.6. The van der Waals surface area contributed by atoms with Gasteiger partial charge in [0.15, 0.2) is 0 Å². The van der Waals surface area contributed by atoms with E-state index in [9.17, 15) is 14.7 Å². The minimum atomic E-state index is -0.343. The minimum Gasteiger partial charge on any atom is -0.497 e. The van der Waals surface area contributed by atoms with Crippen LogP contribution < -0.4 is 9.47 Å². The summed E-state index contributed by atoms with van der Waals surface area (Å²) >= 11 is 1.21. The van der Waals surface area contributed by atoms with E-state index in [-0.39, 0.29) is 31.6 Å². The summed E-state index contributed by atoms with van der Waals surface area (Å²) in [6.45, 7) is 4.22. The van der Waals surface area contributed by atoms with Gasteiger partial charge in [-0.1, -0.05) is 18.2 Å². The van der Waals surface area contributed by atoms with Gasteiger partial charge in [-0.3, -0.25) is 14.5 Å². The molecule has 0 aliphatic carbocycles. The molecule has 1 aliphatic heterocycles. The van der Waals surface area contributed by atoms with Crippen molar-refractivity contribution >= 4 is 29.1 Å². The molecule has 2 aromatic rings. The molecule has 158 valence electrons. The second kappa shape index (κ2) is 9.82. The molecular weight excluding hydrogens is 402 g/mol. The van der Waals surface area contributed by atoms with Crippen LogP contribution in [0.3, 0.4) is 0 Å². The molecule has 0 bridgehead atoms. The third-order valence-corrected chi connectivity index (χ3v) is 5.96. The van der Waals surface area contributed by atoms with Crippen LogP contribution in [0, 0.1) is 13.8 Å². The summed E-state index contributed by atoms with van der Waals surface area (Å²) < 4.78 is 10.8. The van der Waals surface area contributed by atoms with Crippen molar-refractivity contribution in [3.05, 3.63) is 64.1 Å². The maximum absolute atomic E-state index is 13.1. The Bertz CT molecular complexity index is 968. The maximum Gasteiger partial charge on any atom is 0.268 e. The number of aliphatic hydroxyl groups is 1. The number of methoxy groups -OCH3 is 1. The Kier molecular flexibility index (Phi) is 7.18. The number of aliphatic hydroxyl groups excluding tert-OH is 1. The van der Waals surface area contributed by atoms with Crippen LogP contribution in [0.15, 0.2) is 47.4 Å². The van der Waals surface area contributed by atoms with Crippen LogP contribution in [0.1, 0.15) is 16.7 Å². The zero-order valence-electron chi connectivity index (χ0n) is 17.3. The maximum atomic E-state index is 13.1. The third-order valence-electron chi connectivity index (χ3n) is 4.90. The van der Waals surface area contributed by atoms with Crippen LogP contribution in [0.5, 0.6) is 11.5 Å². The number of hydrogen-bond acceptors (Lipinski definition) is 6. The fraction of sp³-hybridized carbons (Fsp3) is 0.304. The number of hydrogen-bond donors (Lipinski definition) is 1. The summed E-state index contributed by atoms with van der Waals surface area (Å²) in [6.07, 6.45) is 0. The molecule has 30 heavy (non-hydrogen) atoms. The summed E-state index contributed by atoms with van der Waals surface area (Å²) in [5, 5.41) is 9.20. The number of imide groups is 1. The van der Waals surface area contributed by atoms with Crippen LogP contribution in [0.4, 0.5) is 0 Å². The molecule has 0 fully saturated rings. The van der Waals surface area contributed by atoms with Gasteiger partial charge in [-0.05, 0) is 54.8 Å². The molecule has 0 radical (unpaired) electrons. The van der Waals surface area contributed by atoms with Gasteiger partial charge in [0, 0.05) is 5.75 Å². The van der Waals surface area contributed by atoms with Crippen LogP contribution >= 0.6 is 11.8 Å². The van der Waals surface area contributed by atoms with E-state index in [4.69, 9.17) is 9.47 Å². The number of carbonyl (C=O) groups excluding carboxylic acids is 2. The Morgan fingerprint density at radius 3 is 2.30 bits per heavy atom. The topological polar surface area (TPSA) is 76.1 Å². The van der Waals surface area contributed by atoms with Crippen molar-refractivity contribution in [3.8, 4) is 11.5 Å². The molecule has 0 atom stereocenters. The molecule has 7 heteroatoms. The number of ether oxygens (including phenoxy) is 2. The first kappa shape index (κ1) is 21.9. The van der Waals surface area contributed by atoms with Crippen molar-refractivity contribution < 1.29 is 24.2 Å². The van der Waals surface area contributed by atoms with E-state index in [1.807, 2.05) is 32.0 Å². The fourth-order valence-electron chi connectivity index (χ4n) is 3.12. The summed E-state index contributed by atoms with van der Waals surface area (Å²) in [6, 6.07) is 12.8. The molecular formula is C23H25NO5S. The highest BCUT2D eigenvalue weighted by Crippen LogP contribution is 2.36. The normalized spacial score (nSPS) is 13.9. The van der Waals surface area contributed by atoms with Crippen LogP contribution in [0.25, 0.3) is 5.57 Å². The molecule has 3 rings (SSSR count). The Morgan fingerprint density at radius 2 is 1.67 bits per heavy atom. The Morgan fingerprint density at radius 1 is 0.967 bits per heavy atom. The SMILES string of the molecule is COc1ccc(OCCN2C(=O)C(SCCO)=C(c3ccc(C)c(C)c3)C2=O)cc1. The lowest BCUT2D eigenvalue weighted by Crippen LogP contribution is -2.35. The third kappa shape index (κ3) is 4.68. The predicted molar refractivity (Wildman–Crippen MR) is 118 cm³/mol. The van der Waals surface area contributed by atoms with Crippen LogP contribution in [0.2, 0.25) is 0 Å². The molecule has 1 heterocycles. The highest BCUT2D eigenvalue weighted by atomic mass is 32.2. The highest BCUT2D eigenvalue weighted by Gasteiger charge is 2.39. The standard InChI is InChI=1S/C23H25NO5S/c1-15-4-5-17(14-16(15)2)20-21(30-13-11-25)23(27)24(22(20)26)10-12-29-19-8-6-18(28-3)7-9-19/h4-9,14,25H,10-13H2,1-3H3. The molecule has 0 saturated carbocycles. The van der Waals surface area contributed by atoms with Gasteiger partial charge < -0.3 is 14.6 Å². The minimum absolute atomic E-state index is 0.0730. The summed E-state index contributed by atoms with van der Waals surface area (Å²) in [5.74, 6) is 1.03. The van der Waals surface area contributed by atoms with Gasteiger partial charge in [0.1, 0.15) is 18.1 Å². The van der Waals surface area contributed by atoms with Crippen LogP contribution in [-0.4, -0.2) is 54.4 Å². The van der Waals surface area contributed by atoms with E-state index >= 15 is 0 Å². The molecule has 0 saturated heterocycles. The van der Waals surface area contributed by atoms with Gasteiger partial charge in [-0.2, -0.15) is 0 Å². The van der Waals surface area contributed by atoms with Crippen molar-refractivity contribution in [2.75, 3.05) is 32.6 Å². The van der Waals surface area contributed by atoms with Crippen molar-refractivity contribution in [2.24, 2.45) is 0 Å². The molecule has 0 aromatic heterocycles. The first-order chi connectivity index (χ1) is 14.5. The Balaban J connectivity index is 1.76. The van der Waals surface area contributed by atoms with Crippen molar-refractivity contribution in [1.82, 2.24) is 4.90 Å². The van der Waals surface area contributed by atoms with Gasteiger partial charge in [-0.25, -0.2) is 0 Å². The summed E-state index contributed by atoms with van der Waals surface area (Å²) in [7, 11) is 1.59. The smallest absolute Gasteiger partial charge is 0.268 e. The zero-order chi connectivity index (χ0) is 21.7. The summed E-state index contributed by atoms with van der Waals surface area (Å²) in [4.78, 5) is 27.7. The van der Waals surface area contributed by atoms with Crippen molar-refractivity contribution in [3.63, 3.8) is 0 Å². The van der Waals surface area contributed by atoms with Gasteiger partial charge in [0.2, 0.25) is 0 Å². The quantitative estimate of drug-likeness (QED) is 0.620.